The third kappa shape index (κ3) is 4.68. The minimum absolute atomic E-state index is 0.129. The molecule has 0 spiro atoms. The van der Waals surface area contributed by atoms with E-state index < -0.39 is 0 Å². The maximum absolute atomic E-state index is 13.1. The van der Waals surface area contributed by atoms with E-state index in [-0.39, 0.29) is 11.7 Å². The van der Waals surface area contributed by atoms with Gasteiger partial charge >= 0.3 is 0 Å². The number of halogens is 1. The van der Waals surface area contributed by atoms with Gasteiger partial charge in [-0.25, -0.2) is 9.37 Å². The second-order valence-corrected chi connectivity index (χ2v) is 6.89. The fourth-order valence-corrected chi connectivity index (χ4v) is 3.36. The van der Waals surface area contributed by atoms with Crippen molar-refractivity contribution in [1.29, 1.82) is 0 Å². The van der Waals surface area contributed by atoms with Crippen molar-refractivity contribution >= 4 is 17.4 Å². The van der Waals surface area contributed by atoms with Crippen LogP contribution in [0, 0.1) is 5.82 Å². The van der Waals surface area contributed by atoms with Gasteiger partial charge in [0, 0.05) is 62.6 Å². The minimum atomic E-state index is -0.226. The van der Waals surface area contributed by atoms with Crippen LogP contribution in [0.1, 0.15) is 15.9 Å². The first-order valence-corrected chi connectivity index (χ1v) is 9.58. The summed E-state index contributed by atoms with van der Waals surface area (Å²) in [7, 11) is 0. The highest BCUT2D eigenvalue weighted by molar-refractivity contribution is 5.94. The molecule has 0 saturated carbocycles. The largest absolute Gasteiger partial charge is 0.368 e. The molecule has 7 heteroatoms. The summed E-state index contributed by atoms with van der Waals surface area (Å²) < 4.78 is 13.1. The fourth-order valence-electron chi connectivity index (χ4n) is 3.36. The van der Waals surface area contributed by atoms with Crippen LogP contribution in [0.25, 0.3) is 0 Å². The Balaban J connectivity index is 1.36. The van der Waals surface area contributed by atoms with Crippen LogP contribution < -0.4 is 15.1 Å². The lowest BCUT2D eigenvalue weighted by molar-refractivity contribution is 0.0951. The van der Waals surface area contributed by atoms with Crippen molar-refractivity contribution in [3.63, 3.8) is 0 Å². The van der Waals surface area contributed by atoms with E-state index in [1.165, 1.54) is 12.1 Å². The number of carbonyl (C=O) groups excluding carboxylic acids is 1. The number of piperazine rings is 1. The molecule has 1 aliphatic rings. The normalized spacial score (nSPS) is 14.0. The van der Waals surface area contributed by atoms with Crippen molar-refractivity contribution in [3.8, 4) is 0 Å². The molecule has 1 aliphatic heterocycles. The molecule has 6 nitrogen and oxygen atoms in total. The molecule has 1 fully saturated rings. The molecule has 148 valence electrons. The first-order valence-electron chi connectivity index (χ1n) is 9.58. The molecule has 0 unspecified atom stereocenters. The summed E-state index contributed by atoms with van der Waals surface area (Å²) in [6.07, 6.45) is 5.08. The topological polar surface area (TPSA) is 61.4 Å². The average molecular weight is 391 g/mol. The number of anilines is 2. The van der Waals surface area contributed by atoms with E-state index in [9.17, 15) is 9.18 Å². The van der Waals surface area contributed by atoms with Gasteiger partial charge in [0.15, 0.2) is 0 Å². The van der Waals surface area contributed by atoms with Crippen LogP contribution in [0.4, 0.5) is 15.9 Å². The third-order valence-electron chi connectivity index (χ3n) is 5.01. The molecule has 3 aromatic rings. The maximum Gasteiger partial charge on any atom is 0.251 e. The van der Waals surface area contributed by atoms with Crippen LogP contribution in [0.2, 0.25) is 0 Å². The minimum Gasteiger partial charge on any atom is -0.368 e. The molecule has 3 heterocycles. The number of pyridine rings is 2. The molecule has 1 saturated heterocycles. The second kappa shape index (κ2) is 8.68. The number of hydrogen-bond donors (Lipinski definition) is 1. The summed E-state index contributed by atoms with van der Waals surface area (Å²) in [5.41, 5.74) is 2.60. The third-order valence-corrected chi connectivity index (χ3v) is 5.01. The van der Waals surface area contributed by atoms with Crippen LogP contribution in [-0.2, 0) is 6.54 Å². The first-order chi connectivity index (χ1) is 14.2. The monoisotopic (exact) mass is 391 g/mol. The van der Waals surface area contributed by atoms with Crippen molar-refractivity contribution in [2.75, 3.05) is 36.0 Å². The Labute approximate surface area is 169 Å². The Morgan fingerprint density at radius 2 is 1.62 bits per heavy atom. The highest BCUT2D eigenvalue weighted by atomic mass is 19.1. The molecular formula is C22H22FN5O. The molecule has 0 atom stereocenters. The molecule has 0 radical (unpaired) electrons. The smallest absolute Gasteiger partial charge is 0.251 e. The van der Waals surface area contributed by atoms with E-state index >= 15 is 0 Å². The molecule has 1 amide bonds. The van der Waals surface area contributed by atoms with Crippen molar-refractivity contribution < 1.29 is 9.18 Å². The van der Waals surface area contributed by atoms with E-state index in [1.54, 1.807) is 36.8 Å². The van der Waals surface area contributed by atoms with Gasteiger partial charge in [0.25, 0.3) is 5.91 Å². The standard InChI is InChI=1S/C22H22FN5O/c23-19-1-3-20(4-2-19)27-11-13-28(14-12-27)21-15-18(7-10-25-21)22(29)26-16-17-5-8-24-9-6-17/h1-10,15H,11-14,16H2,(H,26,29). The first kappa shape index (κ1) is 18.9. The van der Waals surface area contributed by atoms with Crippen molar-refractivity contribution in [1.82, 2.24) is 15.3 Å². The van der Waals surface area contributed by atoms with E-state index in [1.807, 2.05) is 18.2 Å². The summed E-state index contributed by atoms with van der Waals surface area (Å²) in [6, 6.07) is 13.9. The van der Waals surface area contributed by atoms with Crippen LogP contribution in [0.3, 0.4) is 0 Å². The van der Waals surface area contributed by atoms with Crippen molar-refractivity contribution in [2.24, 2.45) is 0 Å². The fraction of sp³-hybridized carbons (Fsp3) is 0.227. The van der Waals surface area contributed by atoms with Gasteiger partial charge in [-0.1, -0.05) is 0 Å². The number of nitrogens with zero attached hydrogens (tertiary/aromatic N) is 4. The summed E-state index contributed by atoms with van der Waals surface area (Å²) in [5, 5.41) is 2.93. The van der Waals surface area contributed by atoms with E-state index in [0.29, 0.717) is 12.1 Å². The summed E-state index contributed by atoms with van der Waals surface area (Å²) in [5.74, 6) is 0.436. The summed E-state index contributed by atoms with van der Waals surface area (Å²) in [6.45, 7) is 3.64. The van der Waals surface area contributed by atoms with E-state index in [2.05, 4.69) is 25.1 Å². The molecule has 0 bridgehead atoms. The van der Waals surface area contributed by atoms with Gasteiger partial charge in [-0.15, -0.1) is 0 Å². The molecule has 1 aromatic carbocycles. The van der Waals surface area contributed by atoms with Crippen LogP contribution in [0.5, 0.6) is 0 Å². The zero-order valence-electron chi connectivity index (χ0n) is 16.0. The van der Waals surface area contributed by atoms with E-state index in [0.717, 1.165) is 43.2 Å². The highest BCUT2D eigenvalue weighted by Crippen LogP contribution is 2.20. The number of benzene rings is 1. The van der Waals surface area contributed by atoms with Gasteiger partial charge in [0.1, 0.15) is 11.6 Å². The van der Waals surface area contributed by atoms with E-state index in [4.69, 9.17) is 0 Å². The highest BCUT2D eigenvalue weighted by Gasteiger charge is 2.19. The predicted molar refractivity (Wildman–Crippen MR) is 110 cm³/mol. The number of carbonyl (C=O) groups is 1. The molecule has 4 rings (SSSR count). The predicted octanol–water partition coefficient (Wildman–Crippen LogP) is 2.87. The number of nitrogens with one attached hydrogen (secondary N) is 1. The molecular weight excluding hydrogens is 369 g/mol. The maximum atomic E-state index is 13.1. The Morgan fingerprint density at radius 3 is 2.34 bits per heavy atom. The van der Waals surface area contributed by atoms with Gasteiger partial charge in [0.05, 0.1) is 0 Å². The summed E-state index contributed by atoms with van der Waals surface area (Å²) >= 11 is 0. The van der Waals surface area contributed by atoms with Crippen LogP contribution in [-0.4, -0.2) is 42.1 Å². The number of aromatic nitrogens is 2. The molecule has 1 N–H and O–H groups in total. The van der Waals surface area contributed by atoms with Gasteiger partial charge in [-0.3, -0.25) is 9.78 Å². The average Bonchev–Trinajstić information content (AvgIpc) is 2.79. The molecule has 29 heavy (non-hydrogen) atoms. The Morgan fingerprint density at radius 1 is 0.931 bits per heavy atom. The number of amides is 1. The number of rotatable bonds is 5. The Kier molecular flexibility index (Phi) is 5.65. The Hall–Kier alpha value is -3.48. The lowest BCUT2D eigenvalue weighted by atomic mass is 10.2. The summed E-state index contributed by atoms with van der Waals surface area (Å²) in [4.78, 5) is 25.3. The Bertz CT molecular complexity index is 956. The van der Waals surface area contributed by atoms with Gasteiger partial charge in [0.2, 0.25) is 0 Å². The zero-order chi connectivity index (χ0) is 20.1. The van der Waals surface area contributed by atoms with Crippen molar-refractivity contribution in [2.45, 2.75) is 6.54 Å². The molecule has 2 aromatic heterocycles. The van der Waals surface area contributed by atoms with Crippen molar-refractivity contribution in [3.05, 3.63) is 84.1 Å². The van der Waals surface area contributed by atoms with Gasteiger partial charge < -0.3 is 15.1 Å². The molecule has 0 aliphatic carbocycles. The SMILES string of the molecule is O=C(NCc1ccncc1)c1ccnc(N2CCN(c3ccc(F)cc3)CC2)c1. The quantitative estimate of drug-likeness (QED) is 0.725. The van der Waals surface area contributed by atoms with Gasteiger partial charge in [-0.2, -0.15) is 0 Å². The lowest BCUT2D eigenvalue weighted by Gasteiger charge is -2.36. The number of hydrogen-bond acceptors (Lipinski definition) is 5. The van der Waals surface area contributed by atoms with Gasteiger partial charge in [-0.05, 0) is 54.1 Å². The van der Waals surface area contributed by atoms with Crippen LogP contribution >= 0.6 is 0 Å². The second-order valence-electron chi connectivity index (χ2n) is 6.89. The van der Waals surface area contributed by atoms with Crippen LogP contribution in [0.15, 0.2) is 67.1 Å². The zero-order valence-corrected chi connectivity index (χ0v) is 16.0. The lowest BCUT2D eigenvalue weighted by Crippen LogP contribution is -2.46.